The zero-order chi connectivity index (χ0) is 17.4. The van der Waals surface area contributed by atoms with Crippen LogP contribution < -0.4 is 0 Å². The van der Waals surface area contributed by atoms with Crippen molar-refractivity contribution in [2.75, 3.05) is 0 Å². The van der Waals surface area contributed by atoms with E-state index >= 15 is 0 Å². The van der Waals surface area contributed by atoms with E-state index < -0.39 is 5.97 Å². The maximum atomic E-state index is 12.3. The van der Waals surface area contributed by atoms with Gasteiger partial charge in [-0.15, -0.1) is 0 Å². The fourth-order valence-corrected chi connectivity index (χ4v) is 3.65. The molecule has 0 unspecified atom stereocenters. The predicted octanol–water partition coefficient (Wildman–Crippen LogP) is 5.37. The van der Waals surface area contributed by atoms with Gasteiger partial charge in [-0.3, -0.25) is 0 Å². The molecule has 0 bridgehead atoms. The molecule has 0 saturated heterocycles. The first-order valence-electron chi connectivity index (χ1n) is 7.96. The maximum Gasteiger partial charge on any atom is 0.367 e. The van der Waals surface area contributed by atoms with E-state index in [-0.39, 0.29) is 10.6 Å². The molecule has 3 aromatic rings. The van der Waals surface area contributed by atoms with Gasteiger partial charge in [0.05, 0.1) is 16.3 Å². The first-order chi connectivity index (χ1) is 12.1. The first-order valence-corrected chi connectivity index (χ1v) is 8.72. The summed E-state index contributed by atoms with van der Waals surface area (Å²) in [6, 6.07) is 12.7. The van der Waals surface area contributed by atoms with Crippen molar-refractivity contribution in [1.29, 1.82) is 0 Å². The molecule has 0 spiro atoms. The van der Waals surface area contributed by atoms with Gasteiger partial charge in [0.15, 0.2) is 0 Å². The molecule has 4 nitrogen and oxygen atoms in total. The van der Waals surface area contributed by atoms with Crippen molar-refractivity contribution >= 4 is 45.8 Å². The number of nitrogens with zero attached hydrogens (tertiary/aromatic N) is 1. The third-order valence-electron chi connectivity index (χ3n) is 4.30. The largest absolute Gasteiger partial charge is 0.367 e. The number of halogens is 2. The minimum absolute atomic E-state index is 0.241. The minimum Gasteiger partial charge on any atom is -0.358 e. The number of para-hydroxylation sites is 1. The molecule has 4 rings (SSSR count). The number of hydrogen-bond donors (Lipinski definition) is 1. The summed E-state index contributed by atoms with van der Waals surface area (Å²) >= 11 is 11.9. The molecule has 126 valence electrons. The third-order valence-corrected chi connectivity index (χ3v) is 4.85. The van der Waals surface area contributed by atoms with E-state index in [4.69, 9.17) is 28.0 Å². The van der Waals surface area contributed by atoms with Gasteiger partial charge in [0.2, 0.25) is 0 Å². The molecule has 1 aliphatic carbocycles. The second kappa shape index (κ2) is 6.54. The molecule has 1 heterocycles. The number of aryl methyl sites for hydroxylation is 1. The molecule has 1 aliphatic rings. The van der Waals surface area contributed by atoms with Crippen LogP contribution in [0.3, 0.4) is 0 Å². The van der Waals surface area contributed by atoms with Crippen molar-refractivity contribution in [1.82, 2.24) is 4.98 Å². The summed E-state index contributed by atoms with van der Waals surface area (Å²) < 4.78 is 0. The van der Waals surface area contributed by atoms with Crippen LogP contribution in [0.5, 0.6) is 0 Å². The summed E-state index contributed by atoms with van der Waals surface area (Å²) in [6.07, 6.45) is 2.67. The lowest BCUT2D eigenvalue weighted by molar-refractivity contribution is 0.0515. The van der Waals surface area contributed by atoms with Gasteiger partial charge < -0.3 is 9.82 Å². The van der Waals surface area contributed by atoms with Crippen LogP contribution in [0.4, 0.5) is 0 Å². The Kier molecular flexibility index (Phi) is 4.24. The number of carbonyl (C=O) groups is 1. The van der Waals surface area contributed by atoms with Crippen molar-refractivity contribution in [3.8, 4) is 0 Å². The normalized spacial score (nSPS) is 15.4. The highest BCUT2D eigenvalue weighted by Crippen LogP contribution is 2.30. The fourth-order valence-electron chi connectivity index (χ4n) is 3.16. The van der Waals surface area contributed by atoms with Gasteiger partial charge in [0, 0.05) is 27.2 Å². The Balaban J connectivity index is 1.66. The number of carbonyl (C=O) groups excluding carboxylic acids is 1. The number of oxime groups is 1. The van der Waals surface area contributed by atoms with E-state index in [1.54, 1.807) is 6.07 Å². The number of aromatic nitrogens is 1. The summed E-state index contributed by atoms with van der Waals surface area (Å²) in [5.74, 6) is -0.596. The van der Waals surface area contributed by atoms with Gasteiger partial charge in [-0.05, 0) is 43.5 Å². The summed E-state index contributed by atoms with van der Waals surface area (Å²) in [7, 11) is 0. The summed E-state index contributed by atoms with van der Waals surface area (Å²) in [5.41, 5.74) is 4.25. The quantitative estimate of drug-likeness (QED) is 0.485. The second-order valence-electron chi connectivity index (χ2n) is 5.92. The van der Waals surface area contributed by atoms with Crippen LogP contribution in [0.1, 0.15) is 34.5 Å². The molecule has 0 radical (unpaired) electrons. The third kappa shape index (κ3) is 3.03. The smallest absolute Gasteiger partial charge is 0.358 e. The first kappa shape index (κ1) is 16.2. The number of aromatic amines is 1. The summed E-state index contributed by atoms with van der Waals surface area (Å²) in [5, 5.41) is 5.94. The molecular formula is C19H14Cl2N2O2. The van der Waals surface area contributed by atoms with Gasteiger partial charge in [0.25, 0.3) is 0 Å². The van der Waals surface area contributed by atoms with Gasteiger partial charge in [0.1, 0.15) is 0 Å². The molecule has 2 aromatic carbocycles. The van der Waals surface area contributed by atoms with Crippen LogP contribution in [-0.2, 0) is 11.3 Å². The standard InChI is InChI=1S/C19H14Cl2N2O2/c20-11-8-9-12(14(21)10-11)19(24)25-23-17-7-3-6-16-18(17)13-4-1-2-5-15(13)22-16/h1-2,4-5,8-10,22H,3,6-7H2/b23-17-. The molecule has 1 N–H and O–H groups in total. The highest BCUT2D eigenvalue weighted by Gasteiger charge is 2.22. The summed E-state index contributed by atoms with van der Waals surface area (Å²) in [4.78, 5) is 20.9. The van der Waals surface area contributed by atoms with Gasteiger partial charge >= 0.3 is 5.97 Å². The lowest BCUT2D eigenvalue weighted by Crippen LogP contribution is -2.13. The molecule has 0 fully saturated rings. The van der Waals surface area contributed by atoms with Crippen LogP contribution in [0, 0.1) is 0 Å². The van der Waals surface area contributed by atoms with Crippen molar-refractivity contribution in [2.45, 2.75) is 19.3 Å². The van der Waals surface area contributed by atoms with Crippen LogP contribution in [0.15, 0.2) is 47.6 Å². The van der Waals surface area contributed by atoms with Crippen LogP contribution in [0.25, 0.3) is 10.9 Å². The van der Waals surface area contributed by atoms with E-state index in [0.717, 1.165) is 47.1 Å². The lowest BCUT2D eigenvalue weighted by atomic mass is 9.94. The average Bonchev–Trinajstić information content (AvgIpc) is 2.99. The van der Waals surface area contributed by atoms with Gasteiger partial charge in [-0.2, -0.15) is 0 Å². The Morgan fingerprint density at radius 3 is 2.80 bits per heavy atom. The Morgan fingerprint density at radius 1 is 1.12 bits per heavy atom. The van der Waals surface area contributed by atoms with Crippen molar-refractivity contribution in [3.05, 3.63) is 69.3 Å². The van der Waals surface area contributed by atoms with Crippen LogP contribution in [0.2, 0.25) is 10.0 Å². The molecule has 1 aromatic heterocycles. The molecule has 0 aliphatic heterocycles. The Hall–Kier alpha value is -2.30. The van der Waals surface area contributed by atoms with E-state index in [2.05, 4.69) is 10.1 Å². The number of benzene rings is 2. The van der Waals surface area contributed by atoms with Crippen molar-refractivity contribution < 1.29 is 9.63 Å². The van der Waals surface area contributed by atoms with Crippen molar-refractivity contribution in [2.24, 2.45) is 5.16 Å². The topological polar surface area (TPSA) is 54.4 Å². The van der Waals surface area contributed by atoms with E-state index in [1.807, 2.05) is 24.3 Å². The fraction of sp³-hybridized carbons (Fsp3) is 0.158. The molecule has 25 heavy (non-hydrogen) atoms. The van der Waals surface area contributed by atoms with E-state index in [1.165, 1.54) is 12.1 Å². The monoisotopic (exact) mass is 372 g/mol. The Morgan fingerprint density at radius 2 is 1.96 bits per heavy atom. The molecular weight excluding hydrogens is 359 g/mol. The van der Waals surface area contributed by atoms with Gasteiger partial charge in [-0.1, -0.05) is 46.6 Å². The molecule has 6 heteroatoms. The molecule has 0 atom stereocenters. The zero-order valence-electron chi connectivity index (χ0n) is 13.2. The van der Waals surface area contributed by atoms with E-state index in [9.17, 15) is 4.79 Å². The number of rotatable bonds is 2. The zero-order valence-corrected chi connectivity index (χ0v) is 14.7. The number of nitrogens with one attached hydrogen (secondary N) is 1. The summed E-state index contributed by atoms with van der Waals surface area (Å²) in [6.45, 7) is 0. The van der Waals surface area contributed by atoms with Crippen LogP contribution in [-0.4, -0.2) is 16.7 Å². The maximum absolute atomic E-state index is 12.3. The SMILES string of the molecule is O=C(O/N=C1/CCCc2[nH]c3ccccc3c21)c1ccc(Cl)cc1Cl. The average molecular weight is 373 g/mol. The highest BCUT2D eigenvalue weighted by atomic mass is 35.5. The number of fused-ring (bicyclic) bond motifs is 3. The Labute approximate surface area is 154 Å². The lowest BCUT2D eigenvalue weighted by Gasteiger charge is -2.13. The molecule has 0 saturated carbocycles. The highest BCUT2D eigenvalue weighted by molar-refractivity contribution is 6.36. The molecule has 0 amide bonds. The predicted molar refractivity (Wildman–Crippen MR) is 99.7 cm³/mol. The van der Waals surface area contributed by atoms with Gasteiger partial charge in [-0.25, -0.2) is 4.79 Å². The van der Waals surface area contributed by atoms with E-state index in [0.29, 0.717) is 5.02 Å². The number of H-pyrrole nitrogens is 1. The number of hydrogen-bond acceptors (Lipinski definition) is 3. The van der Waals surface area contributed by atoms with Crippen LogP contribution >= 0.6 is 23.2 Å². The van der Waals surface area contributed by atoms with Crippen molar-refractivity contribution in [3.63, 3.8) is 0 Å². The minimum atomic E-state index is -0.596. The Bertz CT molecular complexity index is 1010. The second-order valence-corrected chi connectivity index (χ2v) is 6.76.